The molecule has 12 heteroatoms. The molecule has 170 valence electrons. The number of imidazole rings is 1. The van der Waals surface area contributed by atoms with Crippen LogP contribution < -0.4 is 4.72 Å². The van der Waals surface area contributed by atoms with E-state index in [9.17, 15) is 22.3 Å². The number of sulfonamides is 1. The number of benzene rings is 2. The predicted octanol–water partition coefficient (Wildman–Crippen LogP) is 3.21. The lowest BCUT2D eigenvalue weighted by molar-refractivity contribution is 0.124. The topological polar surface area (TPSA) is 104 Å². The highest BCUT2D eigenvalue weighted by Gasteiger charge is 2.32. The summed E-state index contributed by atoms with van der Waals surface area (Å²) in [4.78, 5) is 6.94. The molecule has 0 aliphatic carbocycles. The fraction of sp³-hybridized carbons (Fsp3) is 0.250. The molecule has 1 aliphatic heterocycles. The van der Waals surface area contributed by atoms with E-state index in [-0.39, 0.29) is 34.1 Å². The minimum Gasteiger partial charge on any atom is -0.389 e. The molecule has 1 aliphatic rings. The Kier molecular flexibility index (Phi) is 6.53. The van der Waals surface area contributed by atoms with Crippen LogP contribution in [0.25, 0.3) is 0 Å². The zero-order valence-corrected chi connectivity index (χ0v) is 18.6. The summed E-state index contributed by atoms with van der Waals surface area (Å²) in [7, 11) is -4.06. The molecule has 2 unspecified atom stereocenters. The normalized spacial score (nSPS) is 19.1. The van der Waals surface area contributed by atoms with E-state index in [0.717, 1.165) is 6.20 Å². The summed E-state index contributed by atoms with van der Waals surface area (Å²) < 4.78 is 60.4. The number of aromatic amines is 1. The standard InChI is InChI=1S/C20H17Cl2F2N3O4S/c21-12-5-10(1-3-14(12)23)19(11-2-4-15(24)13(22)6-11)20-25-7-18(26-20)32(29,30)27-16-8-31-9-17(16)28/h1-7,16-17,19,27-28H,8-9H2,(H,25,26). The second-order valence-electron chi connectivity index (χ2n) is 7.25. The van der Waals surface area contributed by atoms with E-state index in [1.807, 2.05) is 0 Å². The third kappa shape index (κ3) is 4.66. The van der Waals surface area contributed by atoms with Crippen LogP contribution in [0.2, 0.25) is 10.0 Å². The van der Waals surface area contributed by atoms with Crippen LogP contribution in [0.15, 0.2) is 47.6 Å². The largest absolute Gasteiger partial charge is 0.389 e. The van der Waals surface area contributed by atoms with Gasteiger partial charge in [0.25, 0.3) is 10.0 Å². The molecule has 32 heavy (non-hydrogen) atoms. The average molecular weight is 504 g/mol. The van der Waals surface area contributed by atoms with E-state index in [4.69, 9.17) is 27.9 Å². The Morgan fingerprint density at radius 2 is 1.69 bits per heavy atom. The Morgan fingerprint density at radius 1 is 1.09 bits per heavy atom. The van der Waals surface area contributed by atoms with E-state index in [0.29, 0.717) is 11.1 Å². The van der Waals surface area contributed by atoms with Crippen molar-refractivity contribution in [1.82, 2.24) is 14.7 Å². The maximum absolute atomic E-state index is 13.7. The molecule has 0 radical (unpaired) electrons. The van der Waals surface area contributed by atoms with Crippen molar-refractivity contribution >= 4 is 33.2 Å². The maximum Gasteiger partial charge on any atom is 0.258 e. The number of nitrogens with zero attached hydrogens (tertiary/aromatic N) is 1. The second-order valence-corrected chi connectivity index (χ2v) is 9.74. The minimum absolute atomic E-state index is 0.0279. The highest BCUT2D eigenvalue weighted by molar-refractivity contribution is 7.89. The molecule has 0 bridgehead atoms. The number of ether oxygens (including phenoxy) is 1. The van der Waals surface area contributed by atoms with Crippen molar-refractivity contribution in [2.75, 3.05) is 13.2 Å². The third-order valence-corrected chi connectivity index (χ3v) is 7.02. The summed E-state index contributed by atoms with van der Waals surface area (Å²) in [5.74, 6) is -1.83. The first-order valence-electron chi connectivity index (χ1n) is 9.38. The molecule has 4 rings (SSSR count). The Morgan fingerprint density at radius 3 is 2.19 bits per heavy atom. The number of halogens is 4. The van der Waals surface area contributed by atoms with Crippen LogP contribution in [0.5, 0.6) is 0 Å². The predicted molar refractivity (Wildman–Crippen MR) is 113 cm³/mol. The third-order valence-electron chi connectivity index (χ3n) is 5.05. The van der Waals surface area contributed by atoms with Gasteiger partial charge in [0.2, 0.25) is 0 Å². The van der Waals surface area contributed by atoms with Crippen LogP contribution in [0.4, 0.5) is 8.78 Å². The van der Waals surface area contributed by atoms with Gasteiger partial charge in [-0.05, 0) is 35.4 Å². The molecule has 2 aromatic carbocycles. The molecule has 2 heterocycles. The van der Waals surface area contributed by atoms with E-state index in [2.05, 4.69) is 14.7 Å². The molecule has 1 fully saturated rings. The van der Waals surface area contributed by atoms with Crippen LogP contribution in [0.3, 0.4) is 0 Å². The lowest BCUT2D eigenvalue weighted by Gasteiger charge is -2.17. The summed E-state index contributed by atoms with van der Waals surface area (Å²) in [5.41, 5.74) is 0.954. The molecular formula is C20H17Cl2F2N3O4S. The smallest absolute Gasteiger partial charge is 0.258 e. The number of nitrogens with one attached hydrogen (secondary N) is 2. The number of hydrogen-bond donors (Lipinski definition) is 3. The van der Waals surface area contributed by atoms with Gasteiger partial charge in [0, 0.05) is 0 Å². The van der Waals surface area contributed by atoms with Crippen molar-refractivity contribution in [3.05, 3.63) is 81.2 Å². The first kappa shape index (κ1) is 23.1. The van der Waals surface area contributed by atoms with E-state index < -0.39 is 39.7 Å². The van der Waals surface area contributed by atoms with Gasteiger partial charge in [0.1, 0.15) is 17.5 Å². The van der Waals surface area contributed by atoms with Gasteiger partial charge in [-0.1, -0.05) is 35.3 Å². The lowest BCUT2D eigenvalue weighted by atomic mass is 9.90. The number of aliphatic hydroxyl groups is 1. The van der Waals surface area contributed by atoms with Crippen LogP contribution in [-0.2, 0) is 14.8 Å². The van der Waals surface area contributed by atoms with Crippen molar-refractivity contribution < 1.29 is 27.0 Å². The number of rotatable bonds is 6. The molecule has 3 N–H and O–H groups in total. The minimum atomic E-state index is -4.06. The first-order chi connectivity index (χ1) is 15.2. The molecule has 3 aromatic rings. The summed E-state index contributed by atoms with van der Waals surface area (Å²) >= 11 is 11.9. The quantitative estimate of drug-likeness (QED) is 0.479. The van der Waals surface area contributed by atoms with Crippen LogP contribution in [0.1, 0.15) is 22.9 Å². The fourth-order valence-electron chi connectivity index (χ4n) is 3.41. The zero-order chi connectivity index (χ0) is 23.0. The highest BCUT2D eigenvalue weighted by atomic mass is 35.5. The van der Waals surface area contributed by atoms with Gasteiger partial charge in [-0.2, -0.15) is 0 Å². The molecule has 2 atom stereocenters. The fourth-order valence-corrected chi connectivity index (χ4v) is 4.97. The monoisotopic (exact) mass is 503 g/mol. The van der Waals surface area contributed by atoms with Gasteiger partial charge in [-0.3, -0.25) is 0 Å². The van der Waals surface area contributed by atoms with Crippen molar-refractivity contribution in [2.45, 2.75) is 23.1 Å². The van der Waals surface area contributed by atoms with Gasteiger partial charge in [-0.15, -0.1) is 0 Å². The number of H-pyrrole nitrogens is 1. The molecule has 1 aromatic heterocycles. The Balaban J connectivity index is 1.74. The van der Waals surface area contributed by atoms with Gasteiger partial charge in [0.15, 0.2) is 5.03 Å². The molecule has 7 nitrogen and oxygen atoms in total. The Labute approximate surface area is 192 Å². The Hall–Kier alpha value is -2.08. The van der Waals surface area contributed by atoms with Crippen LogP contribution in [0, 0.1) is 11.6 Å². The summed E-state index contributed by atoms with van der Waals surface area (Å²) in [5, 5.41) is 9.29. The van der Waals surface area contributed by atoms with E-state index in [1.54, 1.807) is 0 Å². The molecule has 0 saturated carbocycles. The van der Waals surface area contributed by atoms with Gasteiger partial charge in [0.05, 0.1) is 47.5 Å². The lowest BCUT2D eigenvalue weighted by Crippen LogP contribution is -2.42. The van der Waals surface area contributed by atoms with E-state index >= 15 is 0 Å². The van der Waals surface area contributed by atoms with Crippen molar-refractivity contribution in [2.24, 2.45) is 0 Å². The summed E-state index contributed by atoms with van der Waals surface area (Å²) in [6, 6.07) is 7.21. The van der Waals surface area contributed by atoms with Gasteiger partial charge >= 0.3 is 0 Å². The molecule has 1 saturated heterocycles. The first-order valence-corrected chi connectivity index (χ1v) is 11.6. The summed E-state index contributed by atoms with van der Waals surface area (Å²) in [6.45, 7) is 0.0618. The Bertz CT molecular complexity index is 1200. The highest BCUT2D eigenvalue weighted by Crippen LogP contribution is 2.34. The van der Waals surface area contributed by atoms with Crippen molar-refractivity contribution in [3.63, 3.8) is 0 Å². The van der Waals surface area contributed by atoms with Gasteiger partial charge in [-0.25, -0.2) is 26.9 Å². The number of aromatic nitrogens is 2. The van der Waals surface area contributed by atoms with Crippen molar-refractivity contribution in [1.29, 1.82) is 0 Å². The molecular weight excluding hydrogens is 487 g/mol. The van der Waals surface area contributed by atoms with Gasteiger partial charge < -0.3 is 14.8 Å². The molecule has 0 spiro atoms. The van der Waals surface area contributed by atoms with Crippen LogP contribution in [-0.4, -0.2) is 48.9 Å². The number of aliphatic hydroxyl groups excluding tert-OH is 1. The van der Waals surface area contributed by atoms with Crippen LogP contribution >= 0.6 is 23.2 Å². The second kappa shape index (κ2) is 9.05. The van der Waals surface area contributed by atoms with Crippen molar-refractivity contribution in [3.8, 4) is 0 Å². The zero-order valence-electron chi connectivity index (χ0n) is 16.2. The number of hydrogen-bond acceptors (Lipinski definition) is 5. The maximum atomic E-state index is 13.7. The SMILES string of the molecule is O=S(=O)(NC1COCC1O)c1cnc(C(c2ccc(F)c(Cl)c2)c2ccc(F)c(Cl)c2)[nH]1. The van der Waals surface area contributed by atoms with E-state index in [1.165, 1.54) is 36.4 Å². The summed E-state index contributed by atoms with van der Waals surface area (Å²) in [6.07, 6.45) is 0.144. The molecule has 0 amide bonds. The average Bonchev–Trinajstić information content (AvgIpc) is 3.38.